The number of hydrogen-bond donors (Lipinski definition) is 2. The van der Waals surface area contributed by atoms with Gasteiger partial charge in [0.25, 0.3) is 0 Å². The molecule has 2 nitrogen and oxygen atoms in total. The van der Waals surface area contributed by atoms with Gasteiger partial charge in [0.15, 0.2) is 0 Å². The van der Waals surface area contributed by atoms with Crippen molar-refractivity contribution in [1.82, 2.24) is 0 Å². The van der Waals surface area contributed by atoms with Gasteiger partial charge in [-0.1, -0.05) is 54.6 Å². The summed E-state index contributed by atoms with van der Waals surface area (Å²) >= 11 is 0. The highest BCUT2D eigenvalue weighted by Crippen LogP contribution is 2.26. The van der Waals surface area contributed by atoms with E-state index >= 15 is 0 Å². The number of nitrogens with one attached hydrogen (secondary N) is 1. The van der Waals surface area contributed by atoms with Gasteiger partial charge in [-0.15, -0.1) is 0 Å². The first-order valence-corrected chi connectivity index (χ1v) is 8.57. The van der Waals surface area contributed by atoms with Crippen LogP contribution in [0.3, 0.4) is 0 Å². The molecular formula is C22H25NO. The molecule has 0 amide bonds. The summed E-state index contributed by atoms with van der Waals surface area (Å²) in [4.78, 5) is 0. The zero-order valence-corrected chi connectivity index (χ0v) is 14.6. The Labute approximate surface area is 144 Å². The van der Waals surface area contributed by atoms with Crippen molar-refractivity contribution in [3.05, 3.63) is 77.4 Å². The van der Waals surface area contributed by atoms with Gasteiger partial charge in [-0.25, -0.2) is 0 Å². The molecule has 2 atom stereocenters. The maximum absolute atomic E-state index is 9.94. The third-order valence-corrected chi connectivity index (χ3v) is 4.57. The number of aliphatic hydroxyl groups is 1. The molecule has 24 heavy (non-hydrogen) atoms. The summed E-state index contributed by atoms with van der Waals surface area (Å²) in [6.07, 6.45) is 0.468. The fourth-order valence-corrected chi connectivity index (χ4v) is 3.33. The minimum atomic E-state index is -0.471. The molecule has 0 heterocycles. The summed E-state index contributed by atoms with van der Waals surface area (Å²) in [5.74, 6) is 0. The predicted octanol–water partition coefficient (Wildman–Crippen LogP) is 5.24. The SMILES string of the molecule is Cc1ccc(CC(C)Nc2ccccc2C(C)O)c2ccccc12. The molecule has 0 radical (unpaired) electrons. The lowest BCUT2D eigenvalue weighted by molar-refractivity contribution is 0.200. The van der Waals surface area contributed by atoms with Gasteiger partial charge in [0.05, 0.1) is 6.10 Å². The second-order valence-electron chi connectivity index (χ2n) is 6.60. The summed E-state index contributed by atoms with van der Waals surface area (Å²) in [6, 6.07) is 21.3. The first kappa shape index (κ1) is 16.5. The van der Waals surface area contributed by atoms with Crippen molar-refractivity contribution in [3.63, 3.8) is 0 Å². The lowest BCUT2D eigenvalue weighted by Gasteiger charge is -2.20. The van der Waals surface area contributed by atoms with Gasteiger partial charge in [0, 0.05) is 17.3 Å². The van der Waals surface area contributed by atoms with E-state index in [-0.39, 0.29) is 6.04 Å². The van der Waals surface area contributed by atoms with Gasteiger partial charge < -0.3 is 10.4 Å². The molecule has 3 aromatic carbocycles. The molecule has 3 rings (SSSR count). The molecule has 3 aromatic rings. The molecule has 124 valence electrons. The van der Waals surface area contributed by atoms with Crippen molar-refractivity contribution in [3.8, 4) is 0 Å². The average molecular weight is 319 g/mol. The zero-order chi connectivity index (χ0) is 17.1. The Hall–Kier alpha value is -2.32. The predicted molar refractivity (Wildman–Crippen MR) is 103 cm³/mol. The van der Waals surface area contributed by atoms with Crippen molar-refractivity contribution >= 4 is 16.5 Å². The molecule has 2 heteroatoms. The third kappa shape index (κ3) is 3.44. The van der Waals surface area contributed by atoms with Crippen LogP contribution in [0.4, 0.5) is 5.69 Å². The number of aliphatic hydroxyl groups excluding tert-OH is 1. The molecule has 0 saturated carbocycles. The van der Waals surface area contributed by atoms with Gasteiger partial charge in [0.2, 0.25) is 0 Å². The highest BCUT2D eigenvalue weighted by atomic mass is 16.3. The van der Waals surface area contributed by atoms with E-state index < -0.39 is 6.10 Å². The molecular weight excluding hydrogens is 294 g/mol. The summed E-state index contributed by atoms with van der Waals surface area (Å²) in [6.45, 7) is 6.15. The van der Waals surface area contributed by atoms with Gasteiger partial charge in [-0.3, -0.25) is 0 Å². The van der Waals surface area contributed by atoms with E-state index in [1.165, 1.54) is 21.9 Å². The second kappa shape index (κ2) is 7.06. The Morgan fingerprint density at radius 3 is 2.29 bits per heavy atom. The van der Waals surface area contributed by atoms with E-state index in [1.54, 1.807) is 6.92 Å². The minimum Gasteiger partial charge on any atom is -0.389 e. The summed E-state index contributed by atoms with van der Waals surface area (Å²) in [5.41, 5.74) is 4.62. The maximum atomic E-state index is 9.94. The highest BCUT2D eigenvalue weighted by Gasteiger charge is 2.11. The van der Waals surface area contributed by atoms with Crippen LogP contribution in [0.25, 0.3) is 10.8 Å². The van der Waals surface area contributed by atoms with Crippen LogP contribution in [-0.4, -0.2) is 11.1 Å². The fraction of sp³-hybridized carbons (Fsp3) is 0.273. The molecule has 0 aliphatic rings. The van der Waals surface area contributed by atoms with Crippen molar-refractivity contribution in [2.75, 3.05) is 5.32 Å². The number of benzene rings is 3. The normalized spacial score (nSPS) is 13.7. The van der Waals surface area contributed by atoms with Crippen LogP contribution in [0.15, 0.2) is 60.7 Å². The Kier molecular flexibility index (Phi) is 4.86. The Bertz CT molecular complexity index is 838. The van der Waals surface area contributed by atoms with Crippen molar-refractivity contribution in [2.24, 2.45) is 0 Å². The van der Waals surface area contributed by atoms with Crippen LogP contribution in [-0.2, 0) is 6.42 Å². The number of anilines is 1. The molecule has 0 saturated heterocycles. The summed E-state index contributed by atoms with van der Waals surface area (Å²) < 4.78 is 0. The van der Waals surface area contributed by atoms with E-state index in [4.69, 9.17) is 0 Å². The zero-order valence-electron chi connectivity index (χ0n) is 14.6. The van der Waals surface area contributed by atoms with Crippen LogP contribution in [0, 0.1) is 6.92 Å². The molecule has 2 unspecified atom stereocenters. The van der Waals surface area contributed by atoms with Crippen molar-refractivity contribution in [2.45, 2.75) is 39.3 Å². The van der Waals surface area contributed by atoms with Gasteiger partial charge in [-0.2, -0.15) is 0 Å². The largest absolute Gasteiger partial charge is 0.389 e. The maximum Gasteiger partial charge on any atom is 0.0781 e. The van der Waals surface area contributed by atoms with Crippen molar-refractivity contribution < 1.29 is 5.11 Å². The lowest BCUT2D eigenvalue weighted by atomic mass is 9.96. The van der Waals surface area contributed by atoms with Crippen LogP contribution < -0.4 is 5.32 Å². The average Bonchev–Trinajstić information content (AvgIpc) is 2.58. The van der Waals surface area contributed by atoms with E-state index in [9.17, 15) is 5.11 Å². The second-order valence-corrected chi connectivity index (χ2v) is 6.60. The molecule has 0 aromatic heterocycles. The molecule has 0 bridgehead atoms. The van der Waals surface area contributed by atoms with E-state index in [0.717, 1.165) is 17.7 Å². The van der Waals surface area contributed by atoms with Crippen LogP contribution in [0.1, 0.15) is 36.6 Å². The fourth-order valence-electron chi connectivity index (χ4n) is 3.33. The Balaban J connectivity index is 1.84. The Morgan fingerprint density at radius 1 is 0.875 bits per heavy atom. The van der Waals surface area contributed by atoms with Gasteiger partial charge in [0.1, 0.15) is 0 Å². The molecule has 0 aliphatic heterocycles. The standard InChI is InChI=1S/C22H25NO/c1-15-12-13-18(21-10-5-4-8-19(15)21)14-16(2)23-22-11-7-6-9-20(22)17(3)24/h4-13,16-17,23-24H,14H2,1-3H3. The Morgan fingerprint density at radius 2 is 1.54 bits per heavy atom. The molecule has 0 fully saturated rings. The number of rotatable bonds is 5. The van der Waals surface area contributed by atoms with E-state index in [1.807, 2.05) is 24.3 Å². The van der Waals surface area contributed by atoms with Crippen molar-refractivity contribution in [1.29, 1.82) is 0 Å². The number of aryl methyl sites for hydroxylation is 1. The van der Waals surface area contributed by atoms with Gasteiger partial charge >= 0.3 is 0 Å². The summed E-state index contributed by atoms with van der Waals surface area (Å²) in [5, 5.41) is 16.2. The molecule has 0 spiro atoms. The molecule has 0 aliphatic carbocycles. The van der Waals surface area contributed by atoms with Gasteiger partial charge in [-0.05, 0) is 55.2 Å². The van der Waals surface area contributed by atoms with Crippen LogP contribution >= 0.6 is 0 Å². The lowest BCUT2D eigenvalue weighted by Crippen LogP contribution is -2.19. The topological polar surface area (TPSA) is 32.3 Å². The smallest absolute Gasteiger partial charge is 0.0781 e. The highest BCUT2D eigenvalue weighted by molar-refractivity contribution is 5.88. The minimum absolute atomic E-state index is 0.274. The monoisotopic (exact) mass is 319 g/mol. The number of hydrogen-bond acceptors (Lipinski definition) is 2. The number of fused-ring (bicyclic) bond motifs is 1. The van der Waals surface area contributed by atoms with Crippen LogP contribution in [0.2, 0.25) is 0 Å². The third-order valence-electron chi connectivity index (χ3n) is 4.57. The first-order valence-electron chi connectivity index (χ1n) is 8.57. The molecule has 2 N–H and O–H groups in total. The van der Waals surface area contributed by atoms with Crippen LogP contribution in [0.5, 0.6) is 0 Å². The van der Waals surface area contributed by atoms with E-state index in [2.05, 4.69) is 55.6 Å². The van der Waals surface area contributed by atoms with E-state index in [0.29, 0.717) is 0 Å². The quantitative estimate of drug-likeness (QED) is 0.673. The number of para-hydroxylation sites is 1. The summed E-state index contributed by atoms with van der Waals surface area (Å²) in [7, 11) is 0. The first-order chi connectivity index (χ1) is 11.6.